The molecule has 4 fully saturated rings. The highest BCUT2D eigenvalue weighted by atomic mass is 32.2. The lowest BCUT2D eigenvalue weighted by molar-refractivity contribution is -0.135. The van der Waals surface area contributed by atoms with E-state index >= 15 is 0 Å². The van der Waals surface area contributed by atoms with Gasteiger partial charge in [-0.3, -0.25) is 4.79 Å². The summed E-state index contributed by atoms with van der Waals surface area (Å²) in [6.07, 6.45) is 8.36. The number of likely N-dealkylation sites (tertiary alicyclic amines) is 1. The van der Waals surface area contributed by atoms with Crippen molar-refractivity contribution in [2.45, 2.75) is 56.7 Å². The summed E-state index contributed by atoms with van der Waals surface area (Å²) < 4.78 is 12.2. The summed E-state index contributed by atoms with van der Waals surface area (Å²) in [5.41, 5.74) is -0.108. The minimum atomic E-state index is -0.108. The standard InChI is InChI=1S/C18H29NO3S/c20-17(15-4-8-23-9-5-15)19-7-6-18(13-19)10-16(12-22-18)21-11-14-2-1-3-14/h14-16H,1-13H2/t16-,18+/m1/s1. The molecule has 3 aliphatic heterocycles. The number of ether oxygens (including phenoxy) is 2. The van der Waals surface area contributed by atoms with Crippen LogP contribution >= 0.6 is 11.8 Å². The van der Waals surface area contributed by atoms with Gasteiger partial charge in [0, 0.05) is 32.0 Å². The molecule has 130 valence electrons. The molecule has 3 heterocycles. The fraction of sp³-hybridized carbons (Fsp3) is 0.944. The molecule has 1 spiro atoms. The summed E-state index contributed by atoms with van der Waals surface area (Å²) in [4.78, 5) is 14.8. The number of hydrogen-bond acceptors (Lipinski definition) is 4. The van der Waals surface area contributed by atoms with Gasteiger partial charge < -0.3 is 14.4 Å². The first-order chi connectivity index (χ1) is 11.2. The predicted molar refractivity (Wildman–Crippen MR) is 91.6 cm³/mol. The number of rotatable bonds is 4. The number of carbonyl (C=O) groups is 1. The second kappa shape index (κ2) is 6.93. The van der Waals surface area contributed by atoms with Gasteiger partial charge in [0.1, 0.15) is 0 Å². The van der Waals surface area contributed by atoms with E-state index in [-0.39, 0.29) is 17.6 Å². The van der Waals surface area contributed by atoms with Gasteiger partial charge in [0.2, 0.25) is 5.91 Å². The maximum absolute atomic E-state index is 12.7. The lowest BCUT2D eigenvalue weighted by Gasteiger charge is -2.28. The van der Waals surface area contributed by atoms with Crippen LogP contribution in [0.2, 0.25) is 0 Å². The molecule has 0 aromatic carbocycles. The minimum absolute atomic E-state index is 0.108. The normalized spacial score (nSPS) is 35.8. The van der Waals surface area contributed by atoms with E-state index in [1.807, 2.05) is 11.8 Å². The summed E-state index contributed by atoms with van der Waals surface area (Å²) >= 11 is 1.98. The van der Waals surface area contributed by atoms with E-state index in [2.05, 4.69) is 4.90 Å². The number of thioether (sulfide) groups is 1. The fourth-order valence-electron chi connectivity index (χ4n) is 4.36. The van der Waals surface area contributed by atoms with Crippen molar-refractivity contribution in [3.8, 4) is 0 Å². The van der Waals surface area contributed by atoms with Crippen LogP contribution in [-0.4, -0.2) is 60.3 Å². The zero-order valence-electron chi connectivity index (χ0n) is 14.0. The van der Waals surface area contributed by atoms with Crippen LogP contribution in [-0.2, 0) is 14.3 Å². The van der Waals surface area contributed by atoms with Crippen molar-refractivity contribution in [2.75, 3.05) is 37.8 Å². The predicted octanol–water partition coefficient (Wildman–Crippen LogP) is 2.71. The number of hydrogen-bond donors (Lipinski definition) is 0. The minimum Gasteiger partial charge on any atom is -0.375 e. The topological polar surface area (TPSA) is 38.8 Å². The van der Waals surface area contributed by atoms with Crippen molar-refractivity contribution in [1.82, 2.24) is 4.90 Å². The molecule has 0 unspecified atom stereocenters. The Kier molecular flexibility index (Phi) is 4.89. The molecule has 4 aliphatic rings. The zero-order valence-corrected chi connectivity index (χ0v) is 14.8. The highest BCUT2D eigenvalue weighted by Crippen LogP contribution is 2.38. The van der Waals surface area contributed by atoms with Gasteiger partial charge in [0.25, 0.3) is 0 Å². The molecule has 1 saturated carbocycles. The number of nitrogens with zero attached hydrogens (tertiary/aromatic N) is 1. The van der Waals surface area contributed by atoms with Crippen molar-refractivity contribution in [2.24, 2.45) is 11.8 Å². The van der Waals surface area contributed by atoms with Crippen LogP contribution in [0.15, 0.2) is 0 Å². The quantitative estimate of drug-likeness (QED) is 0.789. The monoisotopic (exact) mass is 339 g/mol. The third-order valence-corrected chi connectivity index (χ3v) is 7.21. The SMILES string of the molecule is O=C(C1CCSCC1)N1CC[C@]2(C[C@@H](OCC3CCC3)CO2)C1. The summed E-state index contributed by atoms with van der Waals surface area (Å²) in [5.74, 6) is 3.71. The number of carbonyl (C=O) groups excluding carboxylic acids is 1. The first-order valence-electron chi connectivity index (χ1n) is 9.36. The first-order valence-corrected chi connectivity index (χ1v) is 10.5. The molecule has 0 aromatic heterocycles. The van der Waals surface area contributed by atoms with Gasteiger partial charge in [-0.1, -0.05) is 6.42 Å². The van der Waals surface area contributed by atoms with Crippen molar-refractivity contribution in [1.29, 1.82) is 0 Å². The third-order valence-electron chi connectivity index (χ3n) is 6.17. The van der Waals surface area contributed by atoms with Crippen LogP contribution in [0.3, 0.4) is 0 Å². The van der Waals surface area contributed by atoms with Crippen LogP contribution < -0.4 is 0 Å². The van der Waals surface area contributed by atoms with Crippen molar-refractivity contribution < 1.29 is 14.3 Å². The van der Waals surface area contributed by atoms with Crippen molar-refractivity contribution >= 4 is 17.7 Å². The van der Waals surface area contributed by atoms with Gasteiger partial charge >= 0.3 is 0 Å². The number of amides is 1. The Hall–Kier alpha value is -0.260. The van der Waals surface area contributed by atoms with Crippen LogP contribution in [0.1, 0.15) is 44.9 Å². The second-order valence-corrected chi connectivity index (χ2v) is 9.07. The molecule has 1 amide bonds. The lowest BCUT2D eigenvalue weighted by atomic mass is 9.86. The molecule has 5 heteroatoms. The zero-order chi connectivity index (χ0) is 15.7. The molecule has 0 N–H and O–H groups in total. The molecule has 23 heavy (non-hydrogen) atoms. The van der Waals surface area contributed by atoms with E-state index in [9.17, 15) is 4.79 Å². The van der Waals surface area contributed by atoms with Crippen LogP contribution in [0.5, 0.6) is 0 Å². The Bertz CT molecular complexity index is 436. The van der Waals surface area contributed by atoms with Gasteiger partial charge in [-0.05, 0) is 49.5 Å². The Labute approximate surface area is 143 Å². The molecule has 2 atom stereocenters. The molecule has 0 bridgehead atoms. The van der Waals surface area contributed by atoms with Gasteiger partial charge in [-0.2, -0.15) is 11.8 Å². The van der Waals surface area contributed by atoms with E-state index in [4.69, 9.17) is 9.47 Å². The molecule has 4 nitrogen and oxygen atoms in total. The van der Waals surface area contributed by atoms with E-state index in [1.54, 1.807) is 0 Å². The summed E-state index contributed by atoms with van der Waals surface area (Å²) in [6, 6.07) is 0. The van der Waals surface area contributed by atoms with Crippen molar-refractivity contribution in [3.63, 3.8) is 0 Å². The highest BCUT2D eigenvalue weighted by Gasteiger charge is 2.48. The van der Waals surface area contributed by atoms with Crippen LogP contribution in [0.4, 0.5) is 0 Å². The lowest BCUT2D eigenvalue weighted by Crippen LogP contribution is -2.39. The van der Waals surface area contributed by atoms with Gasteiger partial charge in [-0.25, -0.2) is 0 Å². The van der Waals surface area contributed by atoms with Crippen LogP contribution in [0.25, 0.3) is 0 Å². The van der Waals surface area contributed by atoms with Crippen molar-refractivity contribution in [3.05, 3.63) is 0 Å². The van der Waals surface area contributed by atoms with E-state index in [0.29, 0.717) is 5.91 Å². The smallest absolute Gasteiger partial charge is 0.225 e. The van der Waals surface area contributed by atoms with E-state index in [1.165, 1.54) is 19.3 Å². The average molecular weight is 340 g/mol. The molecule has 1 aliphatic carbocycles. The Morgan fingerprint density at radius 1 is 1.26 bits per heavy atom. The molecule has 3 saturated heterocycles. The second-order valence-electron chi connectivity index (χ2n) is 7.85. The summed E-state index contributed by atoms with van der Waals surface area (Å²) in [6.45, 7) is 3.29. The first kappa shape index (κ1) is 16.2. The highest BCUT2D eigenvalue weighted by molar-refractivity contribution is 7.99. The largest absolute Gasteiger partial charge is 0.375 e. The Morgan fingerprint density at radius 3 is 2.83 bits per heavy atom. The molecular formula is C18H29NO3S. The Morgan fingerprint density at radius 2 is 2.09 bits per heavy atom. The van der Waals surface area contributed by atoms with Gasteiger partial charge in [-0.15, -0.1) is 0 Å². The maximum Gasteiger partial charge on any atom is 0.225 e. The maximum atomic E-state index is 12.7. The fourth-order valence-corrected chi connectivity index (χ4v) is 5.47. The molecule has 0 aromatic rings. The van der Waals surface area contributed by atoms with Gasteiger partial charge in [0.15, 0.2) is 0 Å². The molecule has 0 radical (unpaired) electrons. The Balaban J connectivity index is 1.26. The molecule has 4 rings (SSSR count). The average Bonchev–Trinajstić information content (AvgIpc) is 3.14. The summed E-state index contributed by atoms with van der Waals surface area (Å²) in [7, 11) is 0. The third kappa shape index (κ3) is 3.57. The summed E-state index contributed by atoms with van der Waals surface area (Å²) in [5, 5.41) is 0. The van der Waals surface area contributed by atoms with Crippen LogP contribution in [0, 0.1) is 11.8 Å². The van der Waals surface area contributed by atoms with E-state index in [0.717, 1.165) is 69.4 Å². The van der Waals surface area contributed by atoms with E-state index < -0.39 is 0 Å². The van der Waals surface area contributed by atoms with Gasteiger partial charge in [0.05, 0.1) is 18.3 Å². The molecular weight excluding hydrogens is 310 g/mol.